The van der Waals surface area contributed by atoms with Crippen molar-refractivity contribution in [2.24, 2.45) is 0 Å². The lowest BCUT2D eigenvalue weighted by atomic mass is 9.82. The van der Waals surface area contributed by atoms with Crippen molar-refractivity contribution in [3.63, 3.8) is 0 Å². The number of nitrogens with one attached hydrogen (secondary N) is 1. The lowest BCUT2D eigenvalue weighted by molar-refractivity contribution is 0.660. The molecule has 1 heteroatoms. The quantitative estimate of drug-likeness (QED) is 0.168. The maximum Gasteiger partial charge on any atom is 0.0387 e. The Balaban J connectivity index is 0.000000149. The number of allylic oxidation sites excluding steroid dienone is 5. The molecule has 0 spiro atoms. The van der Waals surface area contributed by atoms with Crippen molar-refractivity contribution in [2.45, 2.75) is 92.4 Å². The highest BCUT2D eigenvalue weighted by Gasteiger charge is 2.35. The summed E-state index contributed by atoms with van der Waals surface area (Å²) in [6.45, 7) is 15.2. The molecule has 11 rings (SSSR count). The molecule has 3 aliphatic carbocycles. The van der Waals surface area contributed by atoms with Crippen LogP contribution in [-0.2, 0) is 18.3 Å². The molecule has 0 bridgehead atoms. The van der Waals surface area contributed by atoms with Crippen LogP contribution in [0.2, 0.25) is 0 Å². The zero-order chi connectivity index (χ0) is 48.4. The Morgan fingerprint density at radius 2 is 0.971 bits per heavy atom. The Hall–Kier alpha value is -7.22. The van der Waals surface area contributed by atoms with Crippen LogP contribution in [0.3, 0.4) is 0 Å². The van der Waals surface area contributed by atoms with Crippen LogP contribution in [0.4, 0.5) is 11.4 Å². The SMILES string of the molecule is C1=CC(c2ccc(-c3ccccc3)cc2)=CCC1.CC.CCCc1ccccc1.Cc1ccc2c(c1)C(C)(C)c1cc(Nc3ccc(-c4ccccc4)cc3)ccc1-2.Cc1ccc2c(c1)CCC=C2. The van der Waals surface area contributed by atoms with Gasteiger partial charge < -0.3 is 5.32 Å². The lowest BCUT2D eigenvalue weighted by Gasteiger charge is -2.22. The van der Waals surface area contributed by atoms with E-state index in [-0.39, 0.29) is 5.41 Å². The van der Waals surface area contributed by atoms with Crippen LogP contribution in [0.15, 0.2) is 218 Å². The van der Waals surface area contributed by atoms with E-state index in [0.717, 1.165) is 17.8 Å². The first-order chi connectivity index (χ1) is 33.7. The van der Waals surface area contributed by atoms with Crippen LogP contribution in [-0.4, -0.2) is 0 Å². The molecule has 69 heavy (non-hydrogen) atoms. The Morgan fingerprint density at radius 1 is 0.464 bits per heavy atom. The van der Waals surface area contributed by atoms with Gasteiger partial charge in [0.15, 0.2) is 0 Å². The first-order valence-electron chi connectivity index (χ1n) is 25.3. The van der Waals surface area contributed by atoms with Crippen LogP contribution in [0, 0.1) is 13.8 Å². The minimum Gasteiger partial charge on any atom is -0.356 e. The fourth-order valence-corrected chi connectivity index (χ4v) is 9.28. The summed E-state index contributed by atoms with van der Waals surface area (Å²) in [6, 6.07) is 69.3. The number of anilines is 2. The van der Waals surface area contributed by atoms with Crippen molar-refractivity contribution in [1.29, 1.82) is 0 Å². The molecule has 0 fully saturated rings. The van der Waals surface area contributed by atoms with Gasteiger partial charge in [-0.05, 0) is 143 Å². The van der Waals surface area contributed by atoms with E-state index in [9.17, 15) is 0 Å². The van der Waals surface area contributed by atoms with E-state index in [1.807, 2.05) is 19.9 Å². The highest BCUT2D eigenvalue weighted by Crippen LogP contribution is 2.49. The first kappa shape index (κ1) is 49.7. The maximum absolute atomic E-state index is 3.59. The third-order valence-electron chi connectivity index (χ3n) is 13.0. The number of rotatable bonds is 7. The number of hydrogen-bond acceptors (Lipinski definition) is 1. The maximum atomic E-state index is 3.59. The second-order valence-electron chi connectivity index (χ2n) is 18.5. The van der Waals surface area contributed by atoms with Crippen molar-refractivity contribution >= 4 is 23.0 Å². The van der Waals surface area contributed by atoms with Gasteiger partial charge in [-0.25, -0.2) is 0 Å². The van der Waals surface area contributed by atoms with E-state index in [1.54, 1.807) is 0 Å². The molecule has 0 saturated heterocycles. The highest BCUT2D eigenvalue weighted by atomic mass is 14.9. The van der Waals surface area contributed by atoms with Crippen molar-refractivity contribution in [2.75, 3.05) is 5.32 Å². The largest absolute Gasteiger partial charge is 0.356 e. The molecule has 8 aromatic carbocycles. The van der Waals surface area contributed by atoms with Gasteiger partial charge in [-0.3, -0.25) is 0 Å². The molecule has 0 radical (unpaired) electrons. The van der Waals surface area contributed by atoms with Crippen molar-refractivity contribution < 1.29 is 0 Å². The Kier molecular flexibility index (Phi) is 17.8. The average Bonchev–Trinajstić information content (AvgIpc) is 3.63. The monoisotopic (exact) mass is 902 g/mol. The molecular formula is C68H71N. The summed E-state index contributed by atoms with van der Waals surface area (Å²) in [7, 11) is 0. The zero-order valence-corrected chi connectivity index (χ0v) is 42.1. The Labute approximate surface area is 415 Å². The molecule has 348 valence electrons. The molecule has 0 aromatic heterocycles. The molecule has 0 atom stereocenters. The van der Waals surface area contributed by atoms with Gasteiger partial charge in [0.2, 0.25) is 0 Å². The third-order valence-corrected chi connectivity index (χ3v) is 13.0. The van der Waals surface area contributed by atoms with E-state index >= 15 is 0 Å². The summed E-state index contributed by atoms with van der Waals surface area (Å²) in [5.74, 6) is 0. The predicted octanol–water partition coefficient (Wildman–Crippen LogP) is 19.4. The van der Waals surface area contributed by atoms with Crippen LogP contribution >= 0.6 is 0 Å². The minimum absolute atomic E-state index is 0.0194. The number of benzene rings is 8. The van der Waals surface area contributed by atoms with Gasteiger partial charge in [0, 0.05) is 16.8 Å². The summed E-state index contributed by atoms with van der Waals surface area (Å²) in [4.78, 5) is 0. The number of aryl methyl sites for hydroxylation is 4. The smallest absolute Gasteiger partial charge is 0.0387 e. The second kappa shape index (κ2) is 24.7. The molecule has 0 unspecified atom stereocenters. The molecule has 1 nitrogen and oxygen atoms in total. The van der Waals surface area contributed by atoms with Crippen LogP contribution < -0.4 is 5.32 Å². The molecular weight excluding hydrogens is 831 g/mol. The molecule has 0 saturated carbocycles. The fraction of sp³-hybridized carbons (Fsp3) is 0.206. The summed E-state index contributed by atoms with van der Waals surface area (Å²) >= 11 is 0. The van der Waals surface area contributed by atoms with E-state index in [2.05, 4.69) is 258 Å². The highest BCUT2D eigenvalue weighted by molar-refractivity contribution is 5.83. The predicted molar refractivity (Wildman–Crippen MR) is 302 cm³/mol. The summed E-state index contributed by atoms with van der Waals surface area (Å²) < 4.78 is 0. The van der Waals surface area contributed by atoms with Gasteiger partial charge in [-0.1, -0.05) is 252 Å². The van der Waals surface area contributed by atoms with Gasteiger partial charge in [-0.2, -0.15) is 0 Å². The summed E-state index contributed by atoms with van der Waals surface area (Å²) in [5, 5.41) is 3.59. The summed E-state index contributed by atoms with van der Waals surface area (Å²) in [5.41, 5.74) is 22.5. The number of hydrogen-bond donors (Lipinski definition) is 1. The number of fused-ring (bicyclic) bond motifs is 4. The van der Waals surface area contributed by atoms with Gasteiger partial charge >= 0.3 is 0 Å². The van der Waals surface area contributed by atoms with E-state index in [1.165, 1.54) is 116 Å². The van der Waals surface area contributed by atoms with Gasteiger partial charge in [-0.15, -0.1) is 0 Å². The average molecular weight is 902 g/mol. The first-order valence-corrected chi connectivity index (χ1v) is 25.3. The van der Waals surface area contributed by atoms with Gasteiger partial charge in [0.1, 0.15) is 0 Å². The fourth-order valence-electron chi connectivity index (χ4n) is 9.28. The second-order valence-corrected chi connectivity index (χ2v) is 18.5. The van der Waals surface area contributed by atoms with Crippen molar-refractivity contribution in [1.82, 2.24) is 0 Å². The van der Waals surface area contributed by atoms with Gasteiger partial charge in [0.25, 0.3) is 0 Å². The molecule has 0 amide bonds. The molecule has 0 aliphatic heterocycles. The van der Waals surface area contributed by atoms with Gasteiger partial charge in [0.05, 0.1) is 0 Å². The van der Waals surface area contributed by atoms with E-state index in [0.29, 0.717) is 0 Å². The van der Waals surface area contributed by atoms with Crippen LogP contribution in [0.25, 0.3) is 45.0 Å². The standard InChI is InChI=1S/C28H25N.C18H16.C11H12.C9H12.C2H6/c1-19-9-15-24-25-16-14-23(18-27(25)28(2,3)26(24)17-19)29-22-12-10-21(11-13-22)20-7-5-4-6-8-20;1-3-7-15(8-4-1)17-11-13-18(14-12-17)16-9-5-2-6-10-16;1-9-6-7-10-4-2-3-5-11(10)8-9;1-2-6-9-7-4-3-5-8-9;1-2/h4-18,29H,1-3H3;1,3-5,7-14H,2,6H2;2,4,6-8H,3,5H2,1H3;3-5,7-8H,2,6H2,1H3;1-2H3. The van der Waals surface area contributed by atoms with E-state index in [4.69, 9.17) is 0 Å². The Bertz CT molecular complexity index is 2930. The minimum atomic E-state index is 0.0194. The third kappa shape index (κ3) is 13.3. The lowest BCUT2D eigenvalue weighted by Crippen LogP contribution is -2.15. The molecule has 8 aromatic rings. The normalized spacial score (nSPS) is 13.1. The molecule has 3 aliphatic rings. The van der Waals surface area contributed by atoms with Crippen LogP contribution in [0.1, 0.15) is 105 Å². The summed E-state index contributed by atoms with van der Waals surface area (Å²) in [6.07, 6.45) is 18.5. The van der Waals surface area contributed by atoms with Crippen LogP contribution in [0.5, 0.6) is 0 Å². The van der Waals surface area contributed by atoms with Crippen molar-refractivity contribution in [3.8, 4) is 33.4 Å². The molecule has 1 N–H and O–H groups in total. The van der Waals surface area contributed by atoms with Crippen molar-refractivity contribution in [3.05, 3.63) is 263 Å². The molecule has 0 heterocycles. The van der Waals surface area contributed by atoms with E-state index < -0.39 is 0 Å². The topological polar surface area (TPSA) is 12.0 Å². The Morgan fingerprint density at radius 3 is 1.58 bits per heavy atom. The zero-order valence-electron chi connectivity index (χ0n) is 42.1.